The van der Waals surface area contributed by atoms with Gasteiger partial charge in [-0.1, -0.05) is 13.3 Å². The van der Waals surface area contributed by atoms with Crippen molar-refractivity contribution in [1.29, 1.82) is 0 Å². The number of nitrogens with one attached hydrogen (secondary N) is 1. The summed E-state index contributed by atoms with van der Waals surface area (Å²) in [6.45, 7) is 6.07. The number of rotatable bonds is 7. The molecule has 2 atom stereocenters. The number of benzene rings is 1. The minimum absolute atomic E-state index is 0.0364. The Labute approximate surface area is 163 Å². The third kappa shape index (κ3) is 3.95. The molecule has 1 aromatic carbocycles. The van der Waals surface area contributed by atoms with Crippen molar-refractivity contribution in [3.05, 3.63) is 23.9 Å². The highest BCUT2D eigenvalue weighted by Gasteiger charge is 2.31. The molecular weight excluding hydrogens is 360 g/mol. The minimum Gasteiger partial charge on any atom is -0.490 e. The molecular formula is C20H26N4O4. The number of aromatic nitrogens is 1. The third-order valence-electron chi connectivity index (χ3n) is 4.90. The average Bonchev–Trinajstić information content (AvgIpc) is 3.00. The standard InChI is InChI=1S/C20H26N4O4/c1-4-11-5-18(25)24-16(11)9-27-20-13-7-17(28-10(2)3)14(19(22)26)6-12(13)15(21)8-23-20/h6-8,10-11,16H,4-5,9,21H2,1-3H3,(H2,22,26)(H,24,25). The molecule has 8 heteroatoms. The van der Waals surface area contributed by atoms with Gasteiger partial charge >= 0.3 is 0 Å². The van der Waals surface area contributed by atoms with E-state index >= 15 is 0 Å². The van der Waals surface area contributed by atoms with Crippen LogP contribution in [0.4, 0.5) is 5.69 Å². The van der Waals surface area contributed by atoms with Crippen molar-refractivity contribution in [2.24, 2.45) is 11.7 Å². The number of hydrogen-bond donors (Lipinski definition) is 3. The SMILES string of the molecule is CCC1CC(=O)NC1COc1ncc(N)c2cc(C(N)=O)c(OC(C)C)cc12. The predicted octanol–water partition coefficient (Wildman–Crippen LogP) is 2.00. The molecule has 3 rings (SSSR count). The summed E-state index contributed by atoms with van der Waals surface area (Å²) in [4.78, 5) is 27.8. The van der Waals surface area contributed by atoms with Crippen molar-refractivity contribution < 1.29 is 19.1 Å². The molecule has 5 N–H and O–H groups in total. The number of nitrogens with zero attached hydrogens (tertiary/aromatic N) is 1. The van der Waals surface area contributed by atoms with Crippen molar-refractivity contribution in [2.45, 2.75) is 45.8 Å². The molecule has 1 fully saturated rings. The largest absolute Gasteiger partial charge is 0.490 e. The first-order valence-corrected chi connectivity index (χ1v) is 9.41. The van der Waals surface area contributed by atoms with Crippen LogP contribution in [0.15, 0.2) is 18.3 Å². The Hall–Kier alpha value is -3.03. The number of amides is 2. The van der Waals surface area contributed by atoms with E-state index < -0.39 is 5.91 Å². The first-order valence-electron chi connectivity index (χ1n) is 9.41. The van der Waals surface area contributed by atoms with E-state index in [1.807, 2.05) is 13.8 Å². The van der Waals surface area contributed by atoms with Gasteiger partial charge in [0.25, 0.3) is 5.91 Å². The van der Waals surface area contributed by atoms with Gasteiger partial charge in [0.15, 0.2) is 0 Å². The van der Waals surface area contributed by atoms with E-state index in [2.05, 4.69) is 17.2 Å². The molecule has 1 saturated heterocycles. The molecule has 1 aliphatic rings. The summed E-state index contributed by atoms with van der Waals surface area (Å²) in [6.07, 6.45) is 2.73. The molecule has 0 radical (unpaired) electrons. The molecule has 0 spiro atoms. The van der Waals surface area contributed by atoms with Gasteiger partial charge in [-0.15, -0.1) is 0 Å². The number of hydrogen-bond acceptors (Lipinski definition) is 6. The second-order valence-corrected chi connectivity index (χ2v) is 7.30. The van der Waals surface area contributed by atoms with Crippen LogP contribution < -0.4 is 26.3 Å². The number of fused-ring (bicyclic) bond motifs is 1. The van der Waals surface area contributed by atoms with Crippen molar-refractivity contribution in [2.75, 3.05) is 12.3 Å². The Morgan fingerprint density at radius 1 is 1.36 bits per heavy atom. The average molecular weight is 386 g/mol. The van der Waals surface area contributed by atoms with Crippen LogP contribution in [0.5, 0.6) is 11.6 Å². The fourth-order valence-electron chi connectivity index (χ4n) is 3.46. The van der Waals surface area contributed by atoms with E-state index in [0.29, 0.717) is 41.1 Å². The van der Waals surface area contributed by atoms with Crippen LogP contribution >= 0.6 is 0 Å². The molecule has 150 valence electrons. The van der Waals surface area contributed by atoms with Gasteiger partial charge in [-0.25, -0.2) is 4.98 Å². The van der Waals surface area contributed by atoms with E-state index in [1.54, 1.807) is 12.1 Å². The number of ether oxygens (including phenoxy) is 2. The van der Waals surface area contributed by atoms with Crippen LogP contribution in [0.3, 0.4) is 0 Å². The van der Waals surface area contributed by atoms with Crippen LogP contribution in [0.1, 0.15) is 44.0 Å². The molecule has 1 aliphatic heterocycles. The first kappa shape index (κ1) is 19.7. The molecule has 0 bridgehead atoms. The summed E-state index contributed by atoms with van der Waals surface area (Å²) >= 11 is 0. The van der Waals surface area contributed by atoms with E-state index in [-0.39, 0.29) is 29.5 Å². The fraction of sp³-hybridized carbons (Fsp3) is 0.450. The van der Waals surface area contributed by atoms with Crippen LogP contribution in [0.25, 0.3) is 10.8 Å². The van der Waals surface area contributed by atoms with Crippen LogP contribution in [-0.2, 0) is 4.79 Å². The number of anilines is 1. The second kappa shape index (κ2) is 7.92. The van der Waals surface area contributed by atoms with Crippen LogP contribution in [0, 0.1) is 5.92 Å². The smallest absolute Gasteiger partial charge is 0.252 e. The lowest BCUT2D eigenvalue weighted by Gasteiger charge is -2.19. The Morgan fingerprint density at radius 2 is 2.11 bits per heavy atom. The lowest BCUT2D eigenvalue weighted by Crippen LogP contribution is -2.34. The summed E-state index contributed by atoms with van der Waals surface area (Å²) in [5.74, 6) is 0.386. The molecule has 1 aromatic heterocycles. The zero-order valence-electron chi connectivity index (χ0n) is 16.3. The number of primary amides is 1. The summed E-state index contributed by atoms with van der Waals surface area (Å²) in [5.41, 5.74) is 12.2. The molecule has 0 saturated carbocycles. The molecule has 8 nitrogen and oxygen atoms in total. The van der Waals surface area contributed by atoms with Crippen molar-refractivity contribution in [1.82, 2.24) is 10.3 Å². The Morgan fingerprint density at radius 3 is 2.75 bits per heavy atom. The maximum Gasteiger partial charge on any atom is 0.252 e. The van der Waals surface area contributed by atoms with Gasteiger partial charge in [0, 0.05) is 17.2 Å². The first-order chi connectivity index (χ1) is 13.3. The molecule has 2 aromatic rings. The monoisotopic (exact) mass is 386 g/mol. The zero-order valence-corrected chi connectivity index (χ0v) is 16.3. The van der Waals surface area contributed by atoms with Gasteiger partial charge < -0.3 is 26.3 Å². The Bertz CT molecular complexity index is 913. The van der Waals surface area contributed by atoms with E-state index in [9.17, 15) is 9.59 Å². The number of nitrogens with two attached hydrogens (primary N) is 2. The van der Waals surface area contributed by atoms with E-state index in [4.69, 9.17) is 20.9 Å². The fourth-order valence-corrected chi connectivity index (χ4v) is 3.46. The highest BCUT2D eigenvalue weighted by molar-refractivity contribution is 6.05. The maximum absolute atomic E-state index is 11.9. The van der Waals surface area contributed by atoms with E-state index in [0.717, 1.165) is 6.42 Å². The molecule has 2 heterocycles. The summed E-state index contributed by atoms with van der Waals surface area (Å²) in [6, 6.07) is 3.22. The van der Waals surface area contributed by atoms with Gasteiger partial charge in [-0.2, -0.15) is 0 Å². The summed E-state index contributed by atoms with van der Waals surface area (Å²) in [7, 11) is 0. The van der Waals surface area contributed by atoms with Crippen molar-refractivity contribution in [3.63, 3.8) is 0 Å². The Balaban J connectivity index is 1.97. The topological polar surface area (TPSA) is 130 Å². The summed E-state index contributed by atoms with van der Waals surface area (Å²) < 4.78 is 11.7. The number of carbonyl (C=O) groups excluding carboxylic acids is 2. The van der Waals surface area contributed by atoms with E-state index in [1.165, 1.54) is 6.20 Å². The normalized spacial score (nSPS) is 19.1. The van der Waals surface area contributed by atoms with Crippen molar-refractivity contribution in [3.8, 4) is 11.6 Å². The quantitative estimate of drug-likeness (QED) is 0.667. The minimum atomic E-state index is -0.601. The van der Waals surface area contributed by atoms with Crippen LogP contribution in [-0.4, -0.2) is 35.6 Å². The zero-order chi connectivity index (χ0) is 20.4. The maximum atomic E-state index is 11.9. The van der Waals surface area contributed by atoms with Gasteiger partial charge in [0.2, 0.25) is 11.8 Å². The molecule has 0 aliphatic carbocycles. The highest BCUT2D eigenvalue weighted by Crippen LogP contribution is 2.34. The van der Waals surface area contributed by atoms with Gasteiger partial charge in [-0.3, -0.25) is 9.59 Å². The Kier molecular flexibility index (Phi) is 5.58. The molecule has 2 unspecified atom stereocenters. The lowest BCUT2D eigenvalue weighted by molar-refractivity contribution is -0.119. The lowest BCUT2D eigenvalue weighted by atomic mass is 9.98. The highest BCUT2D eigenvalue weighted by atomic mass is 16.5. The summed E-state index contributed by atoms with van der Waals surface area (Å²) in [5, 5.41) is 4.18. The molecule has 28 heavy (non-hydrogen) atoms. The predicted molar refractivity (Wildman–Crippen MR) is 106 cm³/mol. The van der Waals surface area contributed by atoms with Gasteiger partial charge in [0.1, 0.15) is 12.4 Å². The number of carbonyl (C=O) groups is 2. The van der Waals surface area contributed by atoms with Crippen LogP contribution in [0.2, 0.25) is 0 Å². The number of nitrogen functional groups attached to an aromatic ring is 1. The molecule has 2 amide bonds. The second-order valence-electron chi connectivity index (χ2n) is 7.30. The number of pyridine rings is 1. The van der Waals surface area contributed by atoms with Crippen molar-refractivity contribution >= 4 is 28.3 Å². The van der Waals surface area contributed by atoms with Gasteiger partial charge in [-0.05, 0) is 31.9 Å². The van der Waals surface area contributed by atoms with Gasteiger partial charge in [0.05, 0.1) is 29.6 Å². The third-order valence-corrected chi connectivity index (χ3v) is 4.90.